The van der Waals surface area contributed by atoms with Gasteiger partial charge in [-0.1, -0.05) is 29.8 Å². The number of hydrogen-bond acceptors (Lipinski definition) is 7. The molecule has 1 saturated heterocycles. The van der Waals surface area contributed by atoms with Gasteiger partial charge in [0.25, 0.3) is 0 Å². The van der Waals surface area contributed by atoms with E-state index < -0.39 is 27.9 Å². The van der Waals surface area contributed by atoms with Crippen LogP contribution in [-0.4, -0.2) is 48.2 Å². The topological polar surface area (TPSA) is 116 Å². The van der Waals surface area contributed by atoms with Crippen LogP contribution in [0.15, 0.2) is 56.6 Å². The normalized spacial score (nSPS) is 15.5. The first-order valence-electron chi connectivity index (χ1n) is 11.1. The number of benzene rings is 2. The number of Topliss-reactive ketones (excluding diaryl/α,β-unsaturated/α-hetero) is 1. The maximum Gasteiger partial charge on any atom is 0.419 e. The Morgan fingerprint density at radius 2 is 1.76 bits per heavy atom. The number of esters is 1. The van der Waals surface area contributed by atoms with Gasteiger partial charge in [0, 0.05) is 31.3 Å². The highest BCUT2D eigenvalue weighted by molar-refractivity contribution is 7.89. The fourth-order valence-electron chi connectivity index (χ4n) is 3.96. The summed E-state index contributed by atoms with van der Waals surface area (Å²) in [6, 6.07) is 11.2. The van der Waals surface area contributed by atoms with Crippen LogP contribution in [0.2, 0.25) is 0 Å². The van der Waals surface area contributed by atoms with E-state index in [4.69, 9.17) is 9.15 Å². The van der Waals surface area contributed by atoms with Crippen molar-refractivity contribution in [1.29, 1.82) is 0 Å². The summed E-state index contributed by atoms with van der Waals surface area (Å²) in [5.41, 5.74) is 1.96. The molecule has 0 radical (unpaired) electrons. The van der Waals surface area contributed by atoms with Crippen LogP contribution in [0.25, 0.3) is 11.1 Å². The lowest BCUT2D eigenvalue weighted by Crippen LogP contribution is -2.27. The van der Waals surface area contributed by atoms with Crippen molar-refractivity contribution >= 4 is 32.9 Å². The van der Waals surface area contributed by atoms with Crippen LogP contribution >= 0.6 is 0 Å². The van der Waals surface area contributed by atoms with Crippen molar-refractivity contribution in [1.82, 2.24) is 8.87 Å². The van der Waals surface area contributed by atoms with Crippen molar-refractivity contribution in [2.75, 3.05) is 13.1 Å². The smallest absolute Gasteiger partial charge is 0.419 e. The van der Waals surface area contributed by atoms with Crippen molar-refractivity contribution in [3.8, 4) is 0 Å². The second kappa shape index (κ2) is 9.55. The predicted octanol–water partition coefficient (Wildman–Crippen LogP) is 2.89. The fraction of sp³-hybridized carbons (Fsp3) is 0.375. The van der Waals surface area contributed by atoms with Crippen molar-refractivity contribution in [3.05, 3.63) is 64.1 Å². The molecule has 2 heterocycles. The molecule has 1 aliphatic heterocycles. The number of rotatable bonds is 8. The average molecular weight is 487 g/mol. The molecule has 180 valence electrons. The average Bonchev–Trinajstić information content (AvgIpc) is 3.45. The van der Waals surface area contributed by atoms with E-state index in [1.54, 1.807) is 24.3 Å². The minimum absolute atomic E-state index is 0.0334. The summed E-state index contributed by atoms with van der Waals surface area (Å²) >= 11 is 0. The van der Waals surface area contributed by atoms with E-state index in [2.05, 4.69) is 0 Å². The van der Waals surface area contributed by atoms with Gasteiger partial charge in [-0.25, -0.2) is 13.2 Å². The van der Waals surface area contributed by atoms with Gasteiger partial charge in [0.15, 0.2) is 11.7 Å². The summed E-state index contributed by atoms with van der Waals surface area (Å²) in [6.45, 7) is 4.32. The summed E-state index contributed by atoms with van der Waals surface area (Å²) in [6.07, 6.45) is 0.510. The van der Waals surface area contributed by atoms with Gasteiger partial charge in [-0.2, -0.15) is 4.31 Å². The molecule has 0 spiro atoms. The Kier molecular flexibility index (Phi) is 6.72. The molecule has 10 heteroatoms. The minimum Gasteiger partial charge on any atom is -0.454 e. The van der Waals surface area contributed by atoms with Gasteiger partial charge in [-0.15, -0.1) is 0 Å². The van der Waals surface area contributed by atoms with Gasteiger partial charge < -0.3 is 9.15 Å². The molecule has 0 N–H and O–H groups in total. The highest BCUT2D eigenvalue weighted by Gasteiger charge is 2.28. The van der Waals surface area contributed by atoms with Crippen LogP contribution in [0.5, 0.6) is 0 Å². The lowest BCUT2D eigenvalue weighted by Gasteiger charge is -2.15. The molecule has 1 aromatic heterocycles. The Morgan fingerprint density at radius 3 is 2.44 bits per heavy atom. The van der Waals surface area contributed by atoms with Crippen LogP contribution in [0.1, 0.15) is 42.1 Å². The zero-order valence-electron chi connectivity index (χ0n) is 19.0. The van der Waals surface area contributed by atoms with Crippen LogP contribution in [-0.2, 0) is 26.1 Å². The number of sulfonamides is 1. The zero-order chi connectivity index (χ0) is 24.5. The summed E-state index contributed by atoms with van der Waals surface area (Å²) in [5.74, 6) is -1.66. The van der Waals surface area contributed by atoms with E-state index in [9.17, 15) is 22.8 Å². The van der Waals surface area contributed by atoms with Crippen molar-refractivity contribution in [2.24, 2.45) is 0 Å². The summed E-state index contributed by atoms with van der Waals surface area (Å²) in [7, 11) is -3.65. The molecule has 2 aromatic carbocycles. The van der Waals surface area contributed by atoms with E-state index >= 15 is 0 Å². The number of carbonyl (C=O) groups excluding carboxylic acids is 2. The molecule has 9 nitrogen and oxygen atoms in total. The van der Waals surface area contributed by atoms with Crippen LogP contribution in [0, 0.1) is 6.92 Å². The molecule has 1 atom stereocenters. The Morgan fingerprint density at radius 1 is 1.09 bits per heavy atom. The molecule has 0 aliphatic carbocycles. The Hall–Kier alpha value is -3.24. The number of carbonyl (C=O) groups is 2. The summed E-state index contributed by atoms with van der Waals surface area (Å²) < 4.78 is 38.7. The van der Waals surface area contributed by atoms with Gasteiger partial charge in [-0.3, -0.25) is 14.2 Å². The number of oxazole rings is 1. The minimum atomic E-state index is -3.65. The molecule has 0 bridgehead atoms. The van der Waals surface area contributed by atoms with E-state index in [1.165, 1.54) is 34.0 Å². The molecule has 0 unspecified atom stereocenters. The van der Waals surface area contributed by atoms with Gasteiger partial charge in [-0.05, 0) is 38.8 Å². The number of ether oxygens (including phenoxy) is 1. The third kappa shape index (κ3) is 4.83. The zero-order valence-corrected chi connectivity index (χ0v) is 19.8. The highest BCUT2D eigenvalue weighted by Crippen LogP contribution is 2.24. The van der Waals surface area contributed by atoms with Crippen LogP contribution in [0.4, 0.5) is 0 Å². The molecule has 0 amide bonds. The molecule has 34 heavy (non-hydrogen) atoms. The number of fused-ring (bicyclic) bond motifs is 1. The van der Waals surface area contributed by atoms with Crippen LogP contribution in [0.3, 0.4) is 0 Å². The largest absolute Gasteiger partial charge is 0.454 e. The first-order valence-corrected chi connectivity index (χ1v) is 12.5. The lowest BCUT2D eigenvalue weighted by molar-refractivity contribution is -0.146. The third-order valence-electron chi connectivity index (χ3n) is 5.90. The van der Waals surface area contributed by atoms with Crippen molar-refractivity contribution < 1.29 is 27.2 Å². The predicted molar refractivity (Wildman–Crippen MR) is 124 cm³/mol. The van der Waals surface area contributed by atoms with Gasteiger partial charge in [0.05, 0.1) is 16.8 Å². The number of ketones is 1. The second-order valence-electron chi connectivity index (χ2n) is 8.37. The van der Waals surface area contributed by atoms with Crippen molar-refractivity contribution in [2.45, 2.75) is 50.7 Å². The number of aromatic nitrogens is 1. The molecule has 4 rings (SSSR count). The molecule has 3 aromatic rings. The Labute approximate surface area is 197 Å². The second-order valence-corrected chi connectivity index (χ2v) is 10.3. The van der Waals surface area contributed by atoms with Gasteiger partial charge >= 0.3 is 11.7 Å². The highest BCUT2D eigenvalue weighted by atomic mass is 32.2. The molecule has 0 saturated carbocycles. The number of aryl methyl sites for hydroxylation is 2. The van der Waals surface area contributed by atoms with E-state index in [0.717, 1.165) is 18.4 Å². The Balaban J connectivity index is 1.43. The van der Waals surface area contributed by atoms with Crippen molar-refractivity contribution in [3.63, 3.8) is 0 Å². The summed E-state index contributed by atoms with van der Waals surface area (Å²) in [4.78, 5) is 37.2. The lowest BCUT2D eigenvalue weighted by atomic mass is 10.1. The molecular formula is C24H26N2O7S. The van der Waals surface area contributed by atoms with E-state index in [0.29, 0.717) is 24.2 Å². The van der Waals surface area contributed by atoms with Gasteiger partial charge in [0.1, 0.15) is 0 Å². The first kappa shape index (κ1) is 23.9. The van der Waals surface area contributed by atoms with Crippen LogP contribution < -0.4 is 5.76 Å². The number of nitrogens with zero attached hydrogens (tertiary/aromatic N) is 2. The van der Waals surface area contributed by atoms with Gasteiger partial charge in [0.2, 0.25) is 15.8 Å². The molecule has 1 fully saturated rings. The summed E-state index contributed by atoms with van der Waals surface area (Å²) in [5, 5.41) is 0. The third-order valence-corrected chi connectivity index (χ3v) is 7.79. The maximum absolute atomic E-state index is 12.8. The SMILES string of the molecule is Cc1ccc(C(=O)[C@@H](C)OC(=O)CCn2c(=O)oc3cc(S(=O)(=O)N4CCCC4)ccc32)cc1. The standard InChI is InChI=1S/C24H26N2O7S/c1-16-5-7-18(8-6-16)23(28)17(2)32-22(27)11-14-26-20-10-9-19(15-21(20)33-24(26)29)34(30,31)25-12-3-4-13-25/h5-10,15,17H,3-4,11-14H2,1-2H3/t17-/m1/s1. The Bertz CT molecular complexity index is 1380. The fourth-order valence-corrected chi connectivity index (χ4v) is 5.49. The molecular weight excluding hydrogens is 460 g/mol. The quantitative estimate of drug-likeness (QED) is 0.355. The number of hydrogen-bond donors (Lipinski definition) is 0. The maximum atomic E-state index is 12.8. The monoisotopic (exact) mass is 486 g/mol. The van der Waals surface area contributed by atoms with E-state index in [1.807, 2.05) is 6.92 Å². The first-order chi connectivity index (χ1) is 16.2. The van der Waals surface area contributed by atoms with E-state index in [-0.39, 0.29) is 29.2 Å². The molecule has 1 aliphatic rings.